The molecule has 0 aliphatic heterocycles. The van der Waals surface area contributed by atoms with Gasteiger partial charge in [-0.3, -0.25) is 9.52 Å². The Bertz CT molecular complexity index is 600. The molecule has 106 valence electrons. The van der Waals surface area contributed by atoms with Gasteiger partial charge in [0, 0.05) is 5.02 Å². The normalized spacial score (nSPS) is 12.2. The molecule has 0 aliphatic rings. The van der Waals surface area contributed by atoms with Crippen LogP contribution in [0.4, 0.5) is 18.9 Å². The predicted octanol–water partition coefficient (Wildman–Crippen LogP) is 2.19. The molecule has 5 nitrogen and oxygen atoms in total. The third kappa shape index (κ3) is 4.95. The molecule has 0 saturated heterocycles. The second kappa shape index (κ2) is 5.25. The Hall–Kier alpha value is -1.48. The van der Waals surface area contributed by atoms with Crippen molar-refractivity contribution in [3.05, 3.63) is 28.8 Å². The standard InChI is InChI=1S/C9H7ClF3NO4S/c10-6-1-5(9(11,12)13)2-7(3-6)14-19(17,18)4-8(15)16/h1-3,14H,4H2,(H,15,16). The Balaban J connectivity index is 3.09. The molecule has 0 saturated carbocycles. The van der Waals surface area contributed by atoms with Crippen LogP contribution in [0.1, 0.15) is 5.56 Å². The van der Waals surface area contributed by atoms with E-state index in [4.69, 9.17) is 16.7 Å². The Kier molecular flexibility index (Phi) is 4.31. The van der Waals surface area contributed by atoms with Crippen LogP contribution in [0.2, 0.25) is 5.02 Å². The van der Waals surface area contributed by atoms with Crippen LogP contribution < -0.4 is 4.72 Å². The maximum atomic E-state index is 12.5. The molecular formula is C9H7ClF3NO4S. The highest BCUT2D eigenvalue weighted by molar-refractivity contribution is 7.93. The zero-order chi connectivity index (χ0) is 14.8. The van der Waals surface area contributed by atoms with Crippen molar-refractivity contribution in [3.8, 4) is 0 Å². The average molecular weight is 318 g/mol. The summed E-state index contributed by atoms with van der Waals surface area (Å²) in [6.07, 6.45) is -4.70. The van der Waals surface area contributed by atoms with Crippen LogP contribution in [0.3, 0.4) is 0 Å². The van der Waals surface area contributed by atoms with E-state index in [2.05, 4.69) is 0 Å². The number of aliphatic carboxylic acids is 1. The Labute approximate surface area is 111 Å². The van der Waals surface area contributed by atoms with E-state index in [-0.39, 0.29) is 5.02 Å². The molecule has 0 fully saturated rings. The highest BCUT2D eigenvalue weighted by Crippen LogP contribution is 2.33. The summed E-state index contributed by atoms with van der Waals surface area (Å²) in [7, 11) is -4.29. The largest absolute Gasteiger partial charge is 0.480 e. The van der Waals surface area contributed by atoms with Crippen molar-refractivity contribution < 1.29 is 31.5 Å². The number of hydrogen-bond donors (Lipinski definition) is 2. The monoisotopic (exact) mass is 317 g/mol. The number of sulfonamides is 1. The van der Waals surface area contributed by atoms with Crippen LogP contribution in [0, 0.1) is 0 Å². The number of nitrogens with one attached hydrogen (secondary N) is 1. The van der Waals surface area contributed by atoms with E-state index in [1.807, 2.05) is 0 Å². The lowest BCUT2D eigenvalue weighted by molar-refractivity contribution is -0.137. The number of anilines is 1. The summed E-state index contributed by atoms with van der Waals surface area (Å²) in [5, 5.41) is 8.01. The number of carboxylic acid groups (broad SMARTS) is 1. The van der Waals surface area contributed by atoms with Gasteiger partial charge in [0.1, 0.15) is 0 Å². The van der Waals surface area contributed by atoms with Crippen molar-refractivity contribution >= 4 is 33.3 Å². The number of carbonyl (C=O) groups is 1. The molecule has 0 amide bonds. The zero-order valence-corrected chi connectivity index (χ0v) is 10.6. The first-order chi connectivity index (χ1) is 8.49. The highest BCUT2D eigenvalue weighted by atomic mass is 35.5. The lowest BCUT2D eigenvalue weighted by atomic mass is 10.2. The third-order valence-corrected chi connectivity index (χ3v) is 3.20. The molecule has 0 radical (unpaired) electrons. The highest BCUT2D eigenvalue weighted by Gasteiger charge is 2.31. The molecule has 10 heteroatoms. The van der Waals surface area contributed by atoms with Crippen molar-refractivity contribution in [2.75, 3.05) is 10.5 Å². The fourth-order valence-electron chi connectivity index (χ4n) is 1.19. The van der Waals surface area contributed by atoms with Gasteiger partial charge in [-0.1, -0.05) is 11.6 Å². The minimum absolute atomic E-state index is 0.331. The first-order valence-corrected chi connectivity index (χ1v) is 6.63. The number of hydrogen-bond acceptors (Lipinski definition) is 3. The van der Waals surface area contributed by atoms with Crippen LogP contribution in [-0.4, -0.2) is 25.2 Å². The molecule has 19 heavy (non-hydrogen) atoms. The van der Waals surface area contributed by atoms with Gasteiger partial charge in [-0.05, 0) is 18.2 Å². The van der Waals surface area contributed by atoms with E-state index in [0.29, 0.717) is 12.1 Å². The third-order valence-electron chi connectivity index (χ3n) is 1.81. The van der Waals surface area contributed by atoms with Gasteiger partial charge in [0.25, 0.3) is 0 Å². The summed E-state index contributed by atoms with van der Waals surface area (Å²) in [6.45, 7) is 0. The maximum Gasteiger partial charge on any atom is 0.416 e. The molecule has 0 aromatic heterocycles. The van der Waals surface area contributed by atoms with Gasteiger partial charge >= 0.3 is 12.1 Å². The van der Waals surface area contributed by atoms with Crippen molar-refractivity contribution in [1.29, 1.82) is 0 Å². The fourth-order valence-corrected chi connectivity index (χ4v) is 2.30. The van der Waals surface area contributed by atoms with Gasteiger partial charge < -0.3 is 5.11 Å². The Morgan fingerprint density at radius 1 is 1.32 bits per heavy atom. The maximum absolute atomic E-state index is 12.5. The minimum Gasteiger partial charge on any atom is -0.480 e. The van der Waals surface area contributed by atoms with Crippen LogP contribution in [-0.2, 0) is 21.0 Å². The SMILES string of the molecule is O=C(O)CS(=O)(=O)Nc1cc(Cl)cc(C(F)(F)F)c1. The fraction of sp³-hybridized carbons (Fsp3) is 0.222. The lowest BCUT2D eigenvalue weighted by Gasteiger charge is -2.11. The van der Waals surface area contributed by atoms with E-state index in [1.54, 1.807) is 4.72 Å². The molecule has 2 N–H and O–H groups in total. The Morgan fingerprint density at radius 3 is 2.37 bits per heavy atom. The molecule has 1 aromatic carbocycles. The Morgan fingerprint density at radius 2 is 1.89 bits per heavy atom. The van der Waals surface area contributed by atoms with Gasteiger partial charge in [0.2, 0.25) is 10.0 Å². The molecule has 0 atom stereocenters. The van der Waals surface area contributed by atoms with E-state index in [9.17, 15) is 26.4 Å². The summed E-state index contributed by atoms with van der Waals surface area (Å²) >= 11 is 5.44. The van der Waals surface area contributed by atoms with Crippen molar-refractivity contribution in [2.24, 2.45) is 0 Å². The van der Waals surface area contributed by atoms with E-state index in [0.717, 1.165) is 6.07 Å². The van der Waals surface area contributed by atoms with E-state index in [1.165, 1.54) is 0 Å². The number of halogens is 4. The lowest BCUT2D eigenvalue weighted by Crippen LogP contribution is -2.22. The molecule has 0 bridgehead atoms. The van der Waals surface area contributed by atoms with Crippen LogP contribution >= 0.6 is 11.6 Å². The number of benzene rings is 1. The van der Waals surface area contributed by atoms with Gasteiger partial charge in [-0.15, -0.1) is 0 Å². The summed E-state index contributed by atoms with van der Waals surface area (Å²) in [5.74, 6) is -2.90. The molecule has 0 heterocycles. The topological polar surface area (TPSA) is 83.5 Å². The van der Waals surface area contributed by atoms with Gasteiger partial charge in [-0.25, -0.2) is 8.42 Å². The molecular weight excluding hydrogens is 311 g/mol. The zero-order valence-electron chi connectivity index (χ0n) is 9.03. The summed E-state index contributed by atoms with van der Waals surface area (Å²) in [6, 6.07) is 2.08. The van der Waals surface area contributed by atoms with Crippen molar-refractivity contribution in [1.82, 2.24) is 0 Å². The molecule has 0 unspecified atom stereocenters. The van der Waals surface area contributed by atoms with Gasteiger partial charge in [0.15, 0.2) is 5.75 Å². The second-order valence-corrected chi connectivity index (χ2v) is 5.64. The van der Waals surface area contributed by atoms with Crippen LogP contribution in [0.25, 0.3) is 0 Å². The first-order valence-electron chi connectivity index (χ1n) is 4.60. The van der Waals surface area contributed by atoms with Crippen molar-refractivity contribution in [2.45, 2.75) is 6.18 Å². The van der Waals surface area contributed by atoms with E-state index >= 15 is 0 Å². The smallest absolute Gasteiger partial charge is 0.416 e. The summed E-state index contributed by atoms with van der Waals surface area (Å²) < 4.78 is 61.6. The first kappa shape index (κ1) is 15.6. The van der Waals surface area contributed by atoms with Crippen molar-refractivity contribution in [3.63, 3.8) is 0 Å². The van der Waals surface area contributed by atoms with E-state index < -0.39 is 39.2 Å². The minimum atomic E-state index is -4.70. The number of alkyl halides is 3. The van der Waals surface area contributed by atoms with Gasteiger partial charge in [0.05, 0.1) is 11.3 Å². The molecule has 1 aromatic rings. The van der Waals surface area contributed by atoms with Crippen LogP contribution in [0.5, 0.6) is 0 Å². The number of carboxylic acids is 1. The van der Waals surface area contributed by atoms with Crippen LogP contribution in [0.15, 0.2) is 18.2 Å². The quantitative estimate of drug-likeness (QED) is 0.891. The summed E-state index contributed by atoms with van der Waals surface area (Å²) in [4.78, 5) is 10.3. The molecule has 1 rings (SSSR count). The van der Waals surface area contributed by atoms with Gasteiger partial charge in [-0.2, -0.15) is 13.2 Å². The number of rotatable bonds is 4. The summed E-state index contributed by atoms with van der Waals surface area (Å²) in [5.41, 5.74) is -1.60. The average Bonchev–Trinajstić information content (AvgIpc) is 2.11. The predicted molar refractivity (Wildman–Crippen MR) is 61.5 cm³/mol. The second-order valence-electron chi connectivity index (χ2n) is 3.48. The molecule has 0 aliphatic carbocycles. The molecule has 0 spiro atoms.